The van der Waals surface area contributed by atoms with Crippen LogP contribution in [0.25, 0.3) is 6.08 Å². The van der Waals surface area contributed by atoms with Gasteiger partial charge >= 0.3 is 0 Å². The predicted octanol–water partition coefficient (Wildman–Crippen LogP) is 7.69. The van der Waals surface area contributed by atoms with Gasteiger partial charge in [0.1, 0.15) is 0 Å². The summed E-state index contributed by atoms with van der Waals surface area (Å²) < 4.78 is 1.04. The maximum absolute atomic E-state index is 5.19. The third-order valence-corrected chi connectivity index (χ3v) is 5.08. The van der Waals surface area contributed by atoms with Crippen molar-refractivity contribution in [2.24, 2.45) is 4.99 Å². The largest absolute Gasteiger partial charge is 0.247 e. The van der Waals surface area contributed by atoms with Crippen molar-refractivity contribution in [3.63, 3.8) is 0 Å². The smallest absolute Gasteiger partial charge is 0.0782 e. The summed E-state index contributed by atoms with van der Waals surface area (Å²) in [6, 6.07) is 23.2. The Morgan fingerprint density at radius 3 is 2.30 bits per heavy atom. The van der Waals surface area contributed by atoms with Crippen LogP contribution in [0.2, 0.25) is 0 Å². The molecule has 0 aromatic heterocycles. The average Bonchev–Trinajstić information content (AvgIpc) is 2.66. The standard InChI is InChI=1S/C25H24BrN/c1-5-19-8-7-11-23(17(2)3)25(19)27-24(20-14-12-18(4)13-15-20)21-9-6-10-22(26)16-21/h5-17H,1H2,2-4H3/b27-24+. The van der Waals surface area contributed by atoms with Crippen molar-refractivity contribution in [3.8, 4) is 0 Å². The summed E-state index contributed by atoms with van der Waals surface area (Å²) in [5, 5.41) is 0. The second-order valence-electron chi connectivity index (χ2n) is 6.98. The fourth-order valence-electron chi connectivity index (χ4n) is 3.09. The lowest BCUT2D eigenvalue weighted by molar-refractivity contribution is 0.866. The molecule has 3 aromatic carbocycles. The third-order valence-electron chi connectivity index (χ3n) is 4.59. The van der Waals surface area contributed by atoms with Crippen LogP contribution in [0.4, 0.5) is 5.69 Å². The van der Waals surface area contributed by atoms with E-state index in [0.717, 1.165) is 32.6 Å². The molecule has 1 nitrogen and oxygen atoms in total. The molecular formula is C25H24BrN. The van der Waals surface area contributed by atoms with E-state index in [1.807, 2.05) is 18.2 Å². The van der Waals surface area contributed by atoms with Gasteiger partial charge in [-0.25, -0.2) is 4.99 Å². The number of halogens is 1. The summed E-state index contributed by atoms with van der Waals surface area (Å²) in [5.74, 6) is 0.380. The number of aryl methyl sites for hydroxylation is 1. The summed E-state index contributed by atoms with van der Waals surface area (Å²) in [6.07, 6.45) is 1.89. The van der Waals surface area contributed by atoms with E-state index in [-0.39, 0.29) is 0 Å². The van der Waals surface area contributed by atoms with Gasteiger partial charge in [0.25, 0.3) is 0 Å². The SMILES string of the molecule is C=Cc1cccc(C(C)C)c1/N=C(\c1ccc(C)cc1)c1cccc(Br)c1. The van der Waals surface area contributed by atoms with E-state index >= 15 is 0 Å². The average molecular weight is 418 g/mol. The number of aliphatic imine (C=N–C) groups is 1. The highest BCUT2D eigenvalue weighted by Gasteiger charge is 2.13. The Hall–Kier alpha value is -2.45. The highest BCUT2D eigenvalue weighted by Crippen LogP contribution is 2.33. The molecule has 0 aliphatic heterocycles. The van der Waals surface area contributed by atoms with Crippen molar-refractivity contribution in [3.05, 3.63) is 106 Å². The number of benzene rings is 3. The van der Waals surface area contributed by atoms with Crippen molar-refractivity contribution >= 4 is 33.4 Å². The van der Waals surface area contributed by atoms with E-state index in [1.54, 1.807) is 0 Å². The van der Waals surface area contributed by atoms with E-state index in [4.69, 9.17) is 4.99 Å². The van der Waals surface area contributed by atoms with E-state index in [2.05, 4.69) is 97.9 Å². The number of hydrogen-bond acceptors (Lipinski definition) is 1. The van der Waals surface area contributed by atoms with Gasteiger partial charge in [-0.05, 0) is 36.1 Å². The summed E-state index contributed by atoms with van der Waals surface area (Å²) in [6.45, 7) is 10.5. The first-order valence-electron chi connectivity index (χ1n) is 9.16. The van der Waals surface area contributed by atoms with Crippen LogP contribution < -0.4 is 0 Å². The molecule has 0 radical (unpaired) electrons. The highest BCUT2D eigenvalue weighted by molar-refractivity contribution is 9.10. The molecular weight excluding hydrogens is 394 g/mol. The van der Waals surface area contributed by atoms with Crippen LogP contribution in [0.15, 0.2) is 82.8 Å². The molecule has 27 heavy (non-hydrogen) atoms. The Balaban J connectivity index is 2.28. The summed E-state index contributed by atoms with van der Waals surface area (Å²) in [5.41, 5.74) is 7.68. The van der Waals surface area contributed by atoms with Crippen molar-refractivity contribution < 1.29 is 0 Å². The maximum Gasteiger partial charge on any atom is 0.0782 e. The molecule has 0 atom stereocenters. The van der Waals surface area contributed by atoms with Crippen molar-refractivity contribution in [2.75, 3.05) is 0 Å². The Morgan fingerprint density at radius 2 is 1.67 bits per heavy atom. The first-order valence-corrected chi connectivity index (χ1v) is 9.96. The monoisotopic (exact) mass is 417 g/mol. The predicted molar refractivity (Wildman–Crippen MR) is 121 cm³/mol. The molecule has 0 spiro atoms. The van der Waals surface area contributed by atoms with Gasteiger partial charge in [0, 0.05) is 15.6 Å². The van der Waals surface area contributed by atoms with Crippen molar-refractivity contribution in [1.82, 2.24) is 0 Å². The zero-order valence-corrected chi connectivity index (χ0v) is 17.6. The molecule has 2 heteroatoms. The molecule has 0 bridgehead atoms. The van der Waals surface area contributed by atoms with E-state index in [9.17, 15) is 0 Å². The Bertz CT molecular complexity index is 981. The molecule has 0 aliphatic carbocycles. The number of rotatable bonds is 5. The van der Waals surface area contributed by atoms with Crippen LogP contribution >= 0.6 is 15.9 Å². The van der Waals surface area contributed by atoms with Crippen LogP contribution in [-0.4, -0.2) is 5.71 Å². The Labute approximate surface area is 170 Å². The summed E-state index contributed by atoms with van der Waals surface area (Å²) in [4.78, 5) is 5.19. The molecule has 0 amide bonds. The van der Waals surface area contributed by atoms with Gasteiger partial charge in [0.2, 0.25) is 0 Å². The fraction of sp³-hybridized carbons (Fsp3) is 0.160. The molecule has 3 aromatic rings. The number of nitrogens with zero attached hydrogens (tertiary/aromatic N) is 1. The van der Waals surface area contributed by atoms with E-state index in [0.29, 0.717) is 5.92 Å². The maximum atomic E-state index is 5.19. The summed E-state index contributed by atoms with van der Waals surface area (Å²) in [7, 11) is 0. The molecule has 3 rings (SSSR count). The Kier molecular flexibility index (Phi) is 6.08. The second-order valence-corrected chi connectivity index (χ2v) is 7.90. The van der Waals surface area contributed by atoms with E-state index < -0.39 is 0 Å². The molecule has 0 N–H and O–H groups in total. The second kappa shape index (κ2) is 8.49. The van der Waals surface area contributed by atoms with Gasteiger partial charge in [0.05, 0.1) is 11.4 Å². The quantitative estimate of drug-likeness (QED) is 0.377. The van der Waals surface area contributed by atoms with Gasteiger partial charge in [0.15, 0.2) is 0 Å². The molecule has 0 fully saturated rings. The van der Waals surface area contributed by atoms with Gasteiger partial charge < -0.3 is 0 Å². The summed E-state index contributed by atoms with van der Waals surface area (Å²) >= 11 is 3.59. The first kappa shape index (κ1) is 19.3. The minimum Gasteiger partial charge on any atom is -0.247 e. The number of para-hydroxylation sites is 1. The number of hydrogen-bond donors (Lipinski definition) is 0. The lowest BCUT2D eigenvalue weighted by Crippen LogP contribution is -2.04. The molecule has 0 heterocycles. The topological polar surface area (TPSA) is 12.4 Å². The van der Waals surface area contributed by atoms with Crippen LogP contribution in [0.1, 0.15) is 47.6 Å². The molecule has 136 valence electrons. The molecule has 0 unspecified atom stereocenters. The van der Waals surface area contributed by atoms with Crippen LogP contribution in [0.5, 0.6) is 0 Å². The van der Waals surface area contributed by atoms with Gasteiger partial charge in [-0.2, -0.15) is 0 Å². The lowest BCUT2D eigenvalue weighted by atomic mass is 9.96. The van der Waals surface area contributed by atoms with Gasteiger partial charge in [-0.3, -0.25) is 0 Å². The first-order chi connectivity index (χ1) is 13.0. The highest BCUT2D eigenvalue weighted by atomic mass is 79.9. The van der Waals surface area contributed by atoms with Crippen LogP contribution in [-0.2, 0) is 0 Å². The minimum atomic E-state index is 0.380. The fourth-order valence-corrected chi connectivity index (χ4v) is 3.49. The van der Waals surface area contributed by atoms with Gasteiger partial charge in [-0.15, -0.1) is 0 Å². The zero-order chi connectivity index (χ0) is 19.4. The van der Waals surface area contributed by atoms with Crippen molar-refractivity contribution in [1.29, 1.82) is 0 Å². The minimum absolute atomic E-state index is 0.380. The van der Waals surface area contributed by atoms with Gasteiger partial charge in [-0.1, -0.05) is 103 Å². The van der Waals surface area contributed by atoms with Crippen LogP contribution in [0, 0.1) is 6.92 Å². The third kappa shape index (κ3) is 4.45. The lowest BCUT2D eigenvalue weighted by Gasteiger charge is -2.15. The molecule has 0 saturated heterocycles. The molecule has 0 aliphatic rings. The van der Waals surface area contributed by atoms with Crippen LogP contribution in [0.3, 0.4) is 0 Å². The zero-order valence-electron chi connectivity index (χ0n) is 16.0. The van der Waals surface area contributed by atoms with Crippen molar-refractivity contribution in [2.45, 2.75) is 26.7 Å². The van der Waals surface area contributed by atoms with E-state index in [1.165, 1.54) is 11.1 Å². The normalized spacial score (nSPS) is 11.7. The molecule has 0 saturated carbocycles. The Morgan fingerprint density at radius 1 is 0.963 bits per heavy atom.